The predicted molar refractivity (Wildman–Crippen MR) is 64.5 cm³/mol. The van der Waals surface area contributed by atoms with E-state index in [1.807, 2.05) is 6.07 Å². The topological polar surface area (TPSA) is 58.6 Å². The van der Waals surface area contributed by atoms with Gasteiger partial charge in [0.2, 0.25) is 0 Å². The van der Waals surface area contributed by atoms with Gasteiger partial charge in [-0.15, -0.1) is 0 Å². The highest BCUT2D eigenvalue weighted by Gasteiger charge is 2.31. The molecule has 90 valence electrons. The van der Waals surface area contributed by atoms with Crippen molar-refractivity contribution in [1.82, 2.24) is 0 Å². The molecule has 0 spiro atoms. The van der Waals surface area contributed by atoms with E-state index >= 15 is 0 Å². The largest absolute Gasteiger partial charge is 0.479 e. The molecule has 5 heteroatoms. The van der Waals surface area contributed by atoms with Gasteiger partial charge in [-0.2, -0.15) is 0 Å². The summed E-state index contributed by atoms with van der Waals surface area (Å²) < 4.78 is 5.49. The van der Waals surface area contributed by atoms with E-state index < -0.39 is 6.10 Å². The van der Waals surface area contributed by atoms with Crippen LogP contribution in [0.3, 0.4) is 0 Å². The van der Waals surface area contributed by atoms with E-state index in [2.05, 4.69) is 5.32 Å². The number of carbonyl (C=O) groups excluding carboxylic acids is 2. The van der Waals surface area contributed by atoms with E-state index in [4.69, 9.17) is 4.74 Å². The molecule has 2 rings (SSSR count). The predicted octanol–water partition coefficient (Wildman–Crippen LogP) is 1.04. The molecule has 1 aromatic rings. The number of ether oxygens (including phenoxy) is 1. The number of hydrogen-bond acceptors (Lipinski definition) is 4. The van der Waals surface area contributed by atoms with Gasteiger partial charge in [-0.1, -0.05) is 0 Å². The third-order valence-corrected chi connectivity index (χ3v) is 2.71. The standard InChI is InChI=1S/C12H14N2O3/c1-8-12(16)14(5-6-15)10-7-9(13-2)3-4-11(10)17-8/h3-4,6-8,13H,5H2,1-2H3. The normalized spacial score (nSPS) is 18.4. The third kappa shape index (κ3) is 1.95. The Labute approximate surface area is 99.4 Å². The average Bonchev–Trinajstić information content (AvgIpc) is 2.34. The first-order valence-electron chi connectivity index (χ1n) is 5.41. The second-order valence-corrected chi connectivity index (χ2v) is 3.81. The minimum atomic E-state index is -0.553. The summed E-state index contributed by atoms with van der Waals surface area (Å²) in [6, 6.07) is 5.45. The van der Waals surface area contributed by atoms with Crippen LogP contribution in [0.25, 0.3) is 0 Å². The minimum absolute atomic E-state index is 0.0483. The number of anilines is 2. The lowest BCUT2D eigenvalue weighted by Gasteiger charge is -2.32. The Bertz CT molecular complexity index is 459. The van der Waals surface area contributed by atoms with Gasteiger partial charge >= 0.3 is 0 Å². The van der Waals surface area contributed by atoms with Crippen molar-refractivity contribution in [3.8, 4) is 5.75 Å². The zero-order valence-corrected chi connectivity index (χ0v) is 9.77. The van der Waals surface area contributed by atoms with Crippen LogP contribution >= 0.6 is 0 Å². The number of fused-ring (bicyclic) bond motifs is 1. The van der Waals surface area contributed by atoms with Crippen LogP contribution < -0.4 is 15.0 Å². The molecule has 0 saturated heterocycles. The highest BCUT2D eigenvalue weighted by Crippen LogP contribution is 2.35. The summed E-state index contributed by atoms with van der Waals surface area (Å²) in [5, 5.41) is 2.98. The molecule has 1 aliphatic rings. The van der Waals surface area contributed by atoms with Crippen LogP contribution in [-0.2, 0) is 9.59 Å². The first-order chi connectivity index (χ1) is 8.17. The number of benzene rings is 1. The minimum Gasteiger partial charge on any atom is -0.479 e. The van der Waals surface area contributed by atoms with E-state index in [1.165, 1.54) is 4.90 Å². The van der Waals surface area contributed by atoms with E-state index in [0.717, 1.165) is 5.69 Å². The highest BCUT2D eigenvalue weighted by atomic mass is 16.5. The molecule has 17 heavy (non-hydrogen) atoms. The van der Waals surface area contributed by atoms with Gasteiger partial charge in [0.1, 0.15) is 12.0 Å². The van der Waals surface area contributed by atoms with Gasteiger partial charge in [0.25, 0.3) is 5.91 Å². The fourth-order valence-corrected chi connectivity index (χ4v) is 1.83. The van der Waals surface area contributed by atoms with Gasteiger partial charge in [-0.25, -0.2) is 0 Å². The summed E-state index contributed by atoms with van der Waals surface area (Å²) in [5.41, 5.74) is 1.50. The number of aldehydes is 1. The van der Waals surface area contributed by atoms with E-state index in [0.29, 0.717) is 17.7 Å². The number of nitrogens with zero attached hydrogens (tertiary/aromatic N) is 1. The molecule has 0 aromatic heterocycles. The van der Waals surface area contributed by atoms with Crippen molar-refractivity contribution in [2.24, 2.45) is 0 Å². The van der Waals surface area contributed by atoms with Crippen molar-refractivity contribution >= 4 is 23.6 Å². The molecule has 0 radical (unpaired) electrons. The highest BCUT2D eigenvalue weighted by molar-refractivity contribution is 6.02. The maximum Gasteiger partial charge on any atom is 0.268 e. The lowest BCUT2D eigenvalue weighted by atomic mass is 10.1. The van der Waals surface area contributed by atoms with Gasteiger partial charge in [0.15, 0.2) is 6.10 Å². The molecule has 0 aliphatic carbocycles. The molecule has 1 amide bonds. The SMILES string of the molecule is CNc1ccc2c(c1)N(CC=O)C(=O)C(C)O2. The summed E-state index contributed by atoms with van der Waals surface area (Å²) in [6.45, 7) is 1.72. The molecule has 1 aromatic carbocycles. The zero-order valence-electron chi connectivity index (χ0n) is 9.77. The Hall–Kier alpha value is -2.04. The number of rotatable bonds is 3. The molecule has 0 bridgehead atoms. The average molecular weight is 234 g/mol. The molecule has 0 saturated carbocycles. The van der Waals surface area contributed by atoms with Crippen molar-refractivity contribution in [2.45, 2.75) is 13.0 Å². The Morgan fingerprint density at radius 2 is 2.29 bits per heavy atom. The molecular weight excluding hydrogens is 220 g/mol. The Morgan fingerprint density at radius 3 is 2.94 bits per heavy atom. The summed E-state index contributed by atoms with van der Waals surface area (Å²) in [5.74, 6) is 0.427. The number of nitrogens with one attached hydrogen (secondary N) is 1. The fourth-order valence-electron chi connectivity index (χ4n) is 1.83. The number of amides is 1. The van der Waals surface area contributed by atoms with Crippen LogP contribution in [0.15, 0.2) is 18.2 Å². The summed E-state index contributed by atoms with van der Waals surface area (Å²) in [7, 11) is 1.79. The lowest BCUT2D eigenvalue weighted by Crippen LogP contribution is -2.45. The van der Waals surface area contributed by atoms with Crippen LogP contribution in [0.4, 0.5) is 11.4 Å². The molecular formula is C12H14N2O3. The van der Waals surface area contributed by atoms with E-state index in [1.54, 1.807) is 26.1 Å². The fraction of sp³-hybridized carbons (Fsp3) is 0.333. The Morgan fingerprint density at radius 1 is 1.53 bits per heavy atom. The molecule has 1 unspecified atom stereocenters. The van der Waals surface area contributed by atoms with Crippen molar-refractivity contribution in [3.63, 3.8) is 0 Å². The molecule has 0 fully saturated rings. The number of carbonyl (C=O) groups is 2. The molecule has 1 heterocycles. The monoisotopic (exact) mass is 234 g/mol. The van der Waals surface area contributed by atoms with Crippen molar-refractivity contribution in [2.75, 3.05) is 23.8 Å². The molecule has 5 nitrogen and oxygen atoms in total. The van der Waals surface area contributed by atoms with Gasteiger partial charge in [-0.3, -0.25) is 9.69 Å². The maximum absolute atomic E-state index is 11.9. The molecule has 1 aliphatic heterocycles. The smallest absolute Gasteiger partial charge is 0.268 e. The first-order valence-corrected chi connectivity index (χ1v) is 5.41. The van der Waals surface area contributed by atoms with Crippen molar-refractivity contribution < 1.29 is 14.3 Å². The van der Waals surface area contributed by atoms with Gasteiger partial charge in [0, 0.05) is 12.7 Å². The summed E-state index contributed by atoms with van der Waals surface area (Å²) >= 11 is 0. The van der Waals surface area contributed by atoms with Gasteiger partial charge in [-0.05, 0) is 25.1 Å². The van der Waals surface area contributed by atoms with Crippen LogP contribution in [0.2, 0.25) is 0 Å². The van der Waals surface area contributed by atoms with Crippen LogP contribution in [0.1, 0.15) is 6.92 Å². The van der Waals surface area contributed by atoms with Crippen LogP contribution in [-0.4, -0.2) is 31.9 Å². The van der Waals surface area contributed by atoms with Crippen LogP contribution in [0.5, 0.6) is 5.75 Å². The number of hydrogen-bond donors (Lipinski definition) is 1. The van der Waals surface area contributed by atoms with Crippen LogP contribution in [0, 0.1) is 0 Å². The quantitative estimate of drug-likeness (QED) is 0.794. The summed E-state index contributed by atoms with van der Waals surface area (Å²) in [4.78, 5) is 24.0. The lowest BCUT2D eigenvalue weighted by molar-refractivity contribution is -0.126. The Balaban J connectivity index is 2.47. The zero-order chi connectivity index (χ0) is 12.4. The molecule has 1 atom stereocenters. The van der Waals surface area contributed by atoms with E-state index in [-0.39, 0.29) is 12.5 Å². The summed E-state index contributed by atoms with van der Waals surface area (Å²) in [6.07, 6.45) is 0.161. The van der Waals surface area contributed by atoms with Crippen molar-refractivity contribution in [1.29, 1.82) is 0 Å². The van der Waals surface area contributed by atoms with Gasteiger partial charge < -0.3 is 14.8 Å². The molecule has 1 N–H and O–H groups in total. The maximum atomic E-state index is 11.9. The second-order valence-electron chi connectivity index (χ2n) is 3.81. The Kier molecular flexibility index (Phi) is 2.99. The second kappa shape index (κ2) is 4.45. The van der Waals surface area contributed by atoms with E-state index in [9.17, 15) is 9.59 Å². The first kappa shape index (κ1) is 11.4. The third-order valence-electron chi connectivity index (χ3n) is 2.71. The van der Waals surface area contributed by atoms with Crippen molar-refractivity contribution in [3.05, 3.63) is 18.2 Å². The van der Waals surface area contributed by atoms with Gasteiger partial charge in [0.05, 0.1) is 12.2 Å².